The molecule has 0 unspecified atom stereocenters. The number of hydrogen-bond acceptors (Lipinski definition) is 5. The predicted molar refractivity (Wildman–Crippen MR) is 136 cm³/mol. The lowest BCUT2D eigenvalue weighted by molar-refractivity contribution is -0.130. The van der Waals surface area contributed by atoms with Crippen molar-refractivity contribution in [2.24, 2.45) is 5.10 Å². The minimum Gasteiger partial charge on any atom is -0.497 e. The monoisotopic (exact) mass is 475 g/mol. The highest BCUT2D eigenvalue weighted by atomic mass is 32.2. The summed E-state index contributed by atoms with van der Waals surface area (Å²) in [4.78, 5) is 15.7. The van der Waals surface area contributed by atoms with Crippen LogP contribution in [0.3, 0.4) is 0 Å². The summed E-state index contributed by atoms with van der Waals surface area (Å²) < 4.78 is 7.53. The molecule has 0 aliphatic carbocycles. The zero-order valence-electron chi connectivity index (χ0n) is 18.6. The van der Waals surface area contributed by atoms with Gasteiger partial charge in [-0.05, 0) is 42.1 Å². The fourth-order valence-electron chi connectivity index (χ4n) is 4.21. The maximum Gasteiger partial charge on any atom is 0.253 e. The highest BCUT2D eigenvalue weighted by Crippen LogP contribution is 2.36. The van der Waals surface area contributed by atoms with Gasteiger partial charge in [-0.15, -0.1) is 23.1 Å². The largest absolute Gasteiger partial charge is 0.497 e. The van der Waals surface area contributed by atoms with Crippen LogP contribution >= 0.6 is 23.1 Å². The molecule has 2 aromatic heterocycles. The first-order valence-corrected chi connectivity index (χ1v) is 12.8. The molecule has 2 aromatic carbocycles. The molecule has 0 bridgehead atoms. The normalized spacial score (nSPS) is 15.8. The Hall–Kier alpha value is -3.03. The predicted octanol–water partition coefficient (Wildman–Crippen LogP) is 6.20. The third-order valence-corrected chi connectivity index (χ3v) is 7.86. The van der Waals surface area contributed by atoms with Crippen LogP contribution < -0.4 is 4.74 Å². The molecule has 0 spiro atoms. The highest BCUT2D eigenvalue weighted by molar-refractivity contribution is 8.00. The molecule has 0 saturated carbocycles. The number of thioether (sulfide) groups is 1. The number of ether oxygens (including phenoxy) is 1. The van der Waals surface area contributed by atoms with E-state index >= 15 is 0 Å². The van der Waals surface area contributed by atoms with E-state index < -0.39 is 0 Å². The first-order valence-electron chi connectivity index (χ1n) is 11.0. The van der Waals surface area contributed by atoms with Crippen LogP contribution in [0, 0.1) is 0 Å². The second-order valence-electron chi connectivity index (χ2n) is 7.84. The summed E-state index contributed by atoms with van der Waals surface area (Å²) in [6.07, 6.45) is 2.85. The third-order valence-electron chi connectivity index (χ3n) is 5.92. The number of aromatic nitrogens is 1. The molecule has 5 rings (SSSR count). The zero-order chi connectivity index (χ0) is 22.8. The molecule has 0 saturated heterocycles. The Morgan fingerprint density at radius 1 is 1.15 bits per heavy atom. The Morgan fingerprint density at radius 2 is 1.97 bits per heavy atom. The van der Waals surface area contributed by atoms with Gasteiger partial charge in [0, 0.05) is 35.0 Å². The van der Waals surface area contributed by atoms with Crippen LogP contribution in [0.25, 0.3) is 10.9 Å². The minimum atomic E-state index is -0.113. The van der Waals surface area contributed by atoms with E-state index in [0.29, 0.717) is 12.2 Å². The van der Waals surface area contributed by atoms with Crippen molar-refractivity contribution >= 4 is 45.6 Å². The number of thiophene rings is 1. The lowest BCUT2D eigenvalue weighted by atomic mass is 10.0. The second-order valence-corrected chi connectivity index (χ2v) is 9.81. The van der Waals surface area contributed by atoms with E-state index in [0.717, 1.165) is 33.3 Å². The number of para-hydroxylation sites is 1. The van der Waals surface area contributed by atoms with Gasteiger partial charge in [-0.1, -0.05) is 36.4 Å². The molecule has 1 amide bonds. The molecule has 5 nitrogen and oxygen atoms in total. The van der Waals surface area contributed by atoms with Crippen LogP contribution in [0.5, 0.6) is 5.75 Å². The van der Waals surface area contributed by atoms with Crippen molar-refractivity contribution < 1.29 is 9.53 Å². The number of hydrogen-bond donors (Lipinski definition) is 0. The third kappa shape index (κ3) is 4.30. The topological polar surface area (TPSA) is 46.8 Å². The number of methoxy groups -OCH3 is 1. The molecular weight excluding hydrogens is 450 g/mol. The quantitative estimate of drug-likeness (QED) is 0.299. The molecule has 1 aliphatic rings. The SMILES string of the molecule is CCn1cc(SCC(=O)N2N=C(c3cccs3)C[C@@H]2c2ccc(OC)cc2)c2ccccc21. The molecule has 7 heteroatoms. The van der Waals surface area contributed by atoms with Gasteiger partial charge in [-0.25, -0.2) is 5.01 Å². The maximum absolute atomic E-state index is 13.4. The molecule has 168 valence electrons. The van der Waals surface area contributed by atoms with Gasteiger partial charge in [-0.3, -0.25) is 4.79 Å². The van der Waals surface area contributed by atoms with Gasteiger partial charge in [0.2, 0.25) is 0 Å². The zero-order valence-corrected chi connectivity index (χ0v) is 20.2. The lowest BCUT2D eigenvalue weighted by Gasteiger charge is -2.22. The fourth-order valence-corrected chi connectivity index (χ4v) is 5.88. The van der Waals surface area contributed by atoms with Gasteiger partial charge >= 0.3 is 0 Å². The summed E-state index contributed by atoms with van der Waals surface area (Å²) in [6.45, 7) is 3.03. The van der Waals surface area contributed by atoms with E-state index in [1.54, 1.807) is 35.2 Å². The summed E-state index contributed by atoms with van der Waals surface area (Å²) in [5.41, 5.74) is 3.23. The summed E-state index contributed by atoms with van der Waals surface area (Å²) in [5, 5.41) is 9.71. The number of nitrogens with zero attached hydrogens (tertiary/aromatic N) is 3. The molecule has 1 aliphatic heterocycles. The smallest absolute Gasteiger partial charge is 0.253 e. The summed E-state index contributed by atoms with van der Waals surface area (Å²) in [6, 6.07) is 20.3. The number of carbonyl (C=O) groups excluding carboxylic acids is 1. The van der Waals surface area contributed by atoms with Crippen molar-refractivity contribution in [3.63, 3.8) is 0 Å². The standard InChI is InChI=1S/C26H25N3O2S2/c1-3-28-16-25(20-7-4-5-8-22(20)28)33-17-26(30)29-23(18-10-12-19(31-2)13-11-18)15-21(27-29)24-9-6-14-32-24/h4-14,16,23H,3,15,17H2,1-2H3/t23-/m1/s1. The number of benzene rings is 2. The van der Waals surface area contributed by atoms with Crippen molar-refractivity contribution in [3.05, 3.63) is 82.7 Å². The van der Waals surface area contributed by atoms with Crippen molar-refractivity contribution in [2.45, 2.75) is 30.8 Å². The average Bonchev–Trinajstić information content (AvgIpc) is 3.61. The number of aryl methyl sites for hydroxylation is 1. The van der Waals surface area contributed by atoms with Gasteiger partial charge in [-0.2, -0.15) is 5.10 Å². The van der Waals surface area contributed by atoms with Crippen LogP contribution in [-0.2, 0) is 11.3 Å². The first kappa shape index (κ1) is 21.8. The van der Waals surface area contributed by atoms with Gasteiger partial charge < -0.3 is 9.30 Å². The summed E-state index contributed by atoms with van der Waals surface area (Å²) in [7, 11) is 1.66. The van der Waals surface area contributed by atoms with E-state index in [9.17, 15) is 4.79 Å². The van der Waals surface area contributed by atoms with E-state index in [4.69, 9.17) is 9.84 Å². The van der Waals surface area contributed by atoms with Crippen LogP contribution in [0.15, 0.2) is 82.2 Å². The Morgan fingerprint density at radius 3 is 2.70 bits per heavy atom. The van der Waals surface area contributed by atoms with Crippen molar-refractivity contribution in [2.75, 3.05) is 12.9 Å². The Labute approximate surface area is 201 Å². The lowest BCUT2D eigenvalue weighted by Crippen LogP contribution is -2.28. The Bertz CT molecular complexity index is 1290. The average molecular weight is 476 g/mol. The van der Waals surface area contributed by atoms with Crippen molar-refractivity contribution in [1.29, 1.82) is 0 Å². The maximum atomic E-state index is 13.4. The van der Waals surface area contributed by atoms with Gasteiger partial charge in [0.05, 0.1) is 29.5 Å². The van der Waals surface area contributed by atoms with E-state index in [-0.39, 0.29) is 11.9 Å². The molecule has 1 atom stereocenters. The van der Waals surface area contributed by atoms with Crippen LogP contribution in [0.2, 0.25) is 0 Å². The van der Waals surface area contributed by atoms with Crippen molar-refractivity contribution in [3.8, 4) is 5.75 Å². The number of fused-ring (bicyclic) bond motifs is 1. The molecular formula is C26H25N3O2S2. The number of amides is 1. The Balaban J connectivity index is 1.40. The second kappa shape index (κ2) is 9.45. The number of hydrazone groups is 1. The minimum absolute atomic E-state index is 0.0145. The number of carbonyl (C=O) groups is 1. The number of rotatable bonds is 7. The fraction of sp³-hybridized carbons (Fsp3) is 0.231. The summed E-state index contributed by atoms with van der Waals surface area (Å²) >= 11 is 3.24. The first-order chi connectivity index (χ1) is 16.2. The van der Waals surface area contributed by atoms with Gasteiger partial charge in [0.15, 0.2) is 0 Å². The van der Waals surface area contributed by atoms with E-state index in [1.807, 2.05) is 41.8 Å². The Kier molecular flexibility index (Phi) is 6.24. The van der Waals surface area contributed by atoms with Crippen LogP contribution in [0.1, 0.15) is 29.8 Å². The van der Waals surface area contributed by atoms with Crippen LogP contribution in [-0.4, -0.2) is 34.1 Å². The molecule has 0 radical (unpaired) electrons. The van der Waals surface area contributed by atoms with E-state index in [1.165, 1.54) is 10.9 Å². The molecule has 33 heavy (non-hydrogen) atoms. The molecule has 3 heterocycles. The molecule has 0 fully saturated rings. The van der Waals surface area contributed by atoms with Crippen molar-refractivity contribution in [1.82, 2.24) is 9.58 Å². The van der Waals surface area contributed by atoms with Gasteiger partial charge in [0.25, 0.3) is 5.91 Å². The molecule has 4 aromatic rings. The highest BCUT2D eigenvalue weighted by Gasteiger charge is 2.33. The molecule has 0 N–H and O–H groups in total. The van der Waals surface area contributed by atoms with Crippen LogP contribution in [0.4, 0.5) is 0 Å². The van der Waals surface area contributed by atoms with Gasteiger partial charge in [0.1, 0.15) is 5.75 Å². The van der Waals surface area contributed by atoms with E-state index in [2.05, 4.69) is 42.0 Å². The summed E-state index contributed by atoms with van der Waals surface area (Å²) in [5.74, 6) is 1.16.